The van der Waals surface area contributed by atoms with Crippen LogP contribution in [0.1, 0.15) is 29.7 Å². The van der Waals surface area contributed by atoms with Crippen molar-refractivity contribution in [2.24, 2.45) is 0 Å². The highest BCUT2D eigenvalue weighted by atomic mass is 32.2. The van der Waals surface area contributed by atoms with Gasteiger partial charge in [0, 0.05) is 55.4 Å². The number of likely N-dealkylation sites (tertiary alicyclic amines) is 1. The van der Waals surface area contributed by atoms with Gasteiger partial charge in [0.2, 0.25) is 0 Å². The molecule has 16 nitrogen and oxygen atoms in total. The number of piperazine rings is 1. The van der Waals surface area contributed by atoms with Crippen LogP contribution in [0.25, 0.3) is 10.8 Å². The highest BCUT2D eigenvalue weighted by Crippen LogP contribution is 2.35. The molecule has 0 saturated carbocycles. The number of fused-ring (bicyclic) bond motifs is 2. The molecule has 1 N–H and O–H groups in total. The Morgan fingerprint density at radius 1 is 0.883 bits per heavy atom. The molecule has 17 heteroatoms. The Morgan fingerprint density at radius 2 is 1.63 bits per heavy atom. The topological polar surface area (TPSA) is 180 Å². The molecule has 320 valence electrons. The van der Waals surface area contributed by atoms with Crippen LogP contribution in [-0.4, -0.2) is 144 Å². The van der Waals surface area contributed by atoms with E-state index >= 15 is 0 Å². The maximum absolute atomic E-state index is 12.3. The van der Waals surface area contributed by atoms with Crippen molar-refractivity contribution in [2.45, 2.75) is 55.8 Å². The van der Waals surface area contributed by atoms with Gasteiger partial charge in [-0.2, -0.15) is 23.6 Å². The second-order valence-corrected chi connectivity index (χ2v) is 16.9. The number of rotatable bonds is 18. The molecule has 60 heavy (non-hydrogen) atoms. The monoisotopic (exact) mass is 843 g/mol. The zero-order chi connectivity index (χ0) is 42.1. The molecule has 3 aromatic carbocycles. The zero-order valence-corrected chi connectivity index (χ0v) is 35.0. The van der Waals surface area contributed by atoms with Crippen molar-refractivity contribution in [3.05, 3.63) is 83.6 Å². The number of nitrogens with zero attached hydrogens (tertiary/aromatic N) is 7. The van der Waals surface area contributed by atoms with Crippen molar-refractivity contribution in [2.75, 3.05) is 95.8 Å². The molecule has 7 rings (SSSR count). The van der Waals surface area contributed by atoms with Gasteiger partial charge in [0.25, 0.3) is 10.1 Å². The smallest absolute Gasteiger partial charge is 0.407 e. The summed E-state index contributed by atoms with van der Waals surface area (Å²) in [5.41, 5.74) is 4.00. The van der Waals surface area contributed by atoms with Gasteiger partial charge in [-0.1, -0.05) is 54.1 Å². The maximum atomic E-state index is 12.3. The molecule has 2 saturated heterocycles. The number of anilines is 2. The van der Waals surface area contributed by atoms with Crippen LogP contribution in [0.15, 0.2) is 71.6 Å². The minimum atomic E-state index is -3.82. The number of hydrogen-bond acceptors (Lipinski definition) is 14. The number of carbonyl (C=O) groups is 1. The van der Waals surface area contributed by atoms with Crippen molar-refractivity contribution in [3.63, 3.8) is 0 Å². The van der Waals surface area contributed by atoms with Crippen molar-refractivity contribution in [1.29, 1.82) is 5.26 Å². The van der Waals surface area contributed by atoms with Crippen LogP contribution in [0.2, 0.25) is 0 Å². The molecule has 4 heterocycles. The lowest BCUT2D eigenvalue weighted by atomic mass is 10.0. The number of hydrogen-bond donors (Lipinski definition) is 1. The number of ether oxygens (including phenoxy) is 4. The number of nitriles is 1. The fraction of sp³-hybridized carbons (Fsp3) is 0.488. The Kier molecular flexibility index (Phi) is 14.3. The fourth-order valence-electron chi connectivity index (χ4n) is 8.07. The van der Waals surface area contributed by atoms with Crippen LogP contribution in [-0.2, 0) is 41.5 Å². The first-order valence-corrected chi connectivity index (χ1v) is 21.8. The average Bonchev–Trinajstić information content (AvgIpc) is 3.61. The third-order valence-electron chi connectivity index (χ3n) is 11.3. The lowest BCUT2D eigenvalue weighted by Gasteiger charge is -2.41. The van der Waals surface area contributed by atoms with Crippen LogP contribution in [0.5, 0.6) is 6.01 Å². The van der Waals surface area contributed by atoms with Gasteiger partial charge in [0.05, 0.1) is 81.4 Å². The summed E-state index contributed by atoms with van der Waals surface area (Å²) in [6.45, 7) is 6.84. The Bertz CT molecular complexity index is 2240. The van der Waals surface area contributed by atoms with E-state index in [0.717, 1.165) is 47.8 Å². The van der Waals surface area contributed by atoms with E-state index < -0.39 is 22.3 Å². The molecule has 3 aliphatic heterocycles. The summed E-state index contributed by atoms with van der Waals surface area (Å²) < 4.78 is 53.3. The molecular weight excluding hydrogens is 791 g/mol. The van der Waals surface area contributed by atoms with Crippen molar-refractivity contribution in [3.8, 4) is 12.1 Å². The Morgan fingerprint density at radius 3 is 2.42 bits per heavy atom. The third kappa shape index (κ3) is 10.6. The van der Waals surface area contributed by atoms with E-state index in [1.54, 1.807) is 12.1 Å². The summed E-state index contributed by atoms with van der Waals surface area (Å²) in [6, 6.07) is 23.2. The first-order valence-electron chi connectivity index (χ1n) is 20.4. The molecule has 0 spiro atoms. The molecule has 0 aliphatic carbocycles. The van der Waals surface area contributed by atoms with E-state index in [9.17, 15) is 23.6 Å². The van der Waals surface area contributed by atoms with Crippen LogP contribution in [0.4, 0.5) is 16.3 Å². The normalized spacial score (nSPS) is 19.7. The predicted molar refractivity (Wildman–Crippen MR) is 224 cm³/mol. The number of aromatic nitrogens is 2. The standard InChI is InChI=1S/C43H53N7O9S/c1-31-10-12-36(13-11-31)60(53,54)59-25-23-56-21-20-55-22-24-57-35-26-34(47(2)28-35)30-58-42-45-39-29-48(40-9-5-7-32-6-3-4-8-37(32)40)17-15-38(39)41(46-42)49-18-19-50(43(51)52)33(27-49)14-16-44/h3-13,33-35H,14-15,17-30H2,1-2H3,(H,51,52)/t33?,34-,35+/m0/s1. The number of aryl methyl sites for hydroxylation is 1. The molecule has 1 amide bonds. The highest BCUT2D eigenvalue weighted by molar-refractivity contribution is 7.86. The lowest BCUT2D eigenvalue weighted by molar-refractivity contribution is -0.0103. The van der Waals surface area contributed by atoms with Gasteiger partial charge in [-0.15, -0.1) is 0 Å². The second-order valence-electron chi connectivity index (χ2n) is 15.3. The molecule has 0 bridgehead atoms. The van der Waals surface area contributed by atoms with Gasteiger partial charge >= 0.3 is 12.1 Å². The minimum absolute atomic E-state index is 0.00654. The van der Waals surface area contributed by atoms with E-state index in [4.69, 9.17) is 33.1 Å². The summed E-state index contributed by atoms with van der Waals surface area (Å²) in [4.78, 5) is 30.1. The largest absolute Gasteiger partial charge is 0.465 e. The fourth-order valence-corrected chi connectivity index (χ4v) is 8.96. The quantitative estimate of drug-likeness (QED) is 0.109. The highest BCUT2D eigenvalue weighted by Gasteiger charge is 2.35. The second kappa shape index (κ2) is 20.0. The summed E-state index contributed by atoms with van der Waals surface area (Å²) in [6.07, 6.45) is 0.517. The Balaban J connectivity index is 0.909. The molecule has 3 aliphatic rings. The van der Waals surface area contributed by atoms with E-state index in [2.05, 4.69) is 57.2 Å². The summed E-state index contributed by atoms with van der Waals surface area (Å²) >= 11 is 0. The lowest BCUT2D eigenvalue weighted by Crippen LogP contribution is -2.55. The van der Waals surface area contributed by atoms with Gasteiger partial charge in [0.15, 0.2) is 0 Å². The SMILES string of the molecule is Cc1ccc(S(=O)(=O)OCCOCCOCCO[C@@H]2C[C@@H](COc3nc4c(c(N5CCN(C(=O)O)C(CC#N)C5)n3)CCN(c3cccc5ccccc35)C4)N(C)C2)cc1. The minimum Gasteiger partial charge on any atom is -0.465 e. The van der Waals surface area contributed by atoms with Crippen LogP contribution in [0, 0.1) is 18.3 Å². The number of benzene rings is 3. The van der Waals surface area contributed by atoms with E-state index in [1.165, 1.54) is 27.8 Å². The van der Waals surface area contributed by atoms with E-state index in [-0.39, 0.29) is 49.2 Å². The van der Waals surface area contributed by atoms with Gasteiger partial charge < -0.3 is 38.8 Å². The van der Waals surface area contributed by atoms with Gasteiger partial charge in [-0.25, -0.2) is 4.79 Å². The molecule has 4 aromatic rings. The summed E-state index contributed by atoms with van der Waals surface area (Å²) in [7, 11) is -1.78. The first kappa shape index (κ1) is 43.0. The molecule has 0 radical (unpaired) electrons. The van der Waals surface area contributed by atoms with Crippen LogP contribution < -0.4 is 14.5 Å². The van der Waals surface area contributed by atoms with E-state index in [1.807, 2.05) is 20.0 Å². The first-order chi connectivity index (χ1) is 29.1. The van der Waals surface area contributed by atoms with Gasteiger partial charge in [-0.05, 0) is 50.4 Å². The molecule has 1 unspecified atom stereocenters. The number of carboxylic acid groups (broad SMARTS) is 1. The third-order valence-corrected chi connectivity index (χ3v) is 12.6. The van der Waals surface area contributed by atoms with Crippen molar-refractivity contribution in [1.82, 2.24) is 19.8 Å². The Hall–Kier alpha value is -5.09. The van der Waals surface area contributed by atoms with E-state index in [0.29, 0.717) is 59.1 Å². The predicted octanol–water partition coefficient (Wildman–Crippen LogP) is 4.49. The zero-order valence-electron chi connectivity index (χ0n) is 34.1. The van der Waals surface area contributed by atoms with Gasteiger partial charge in [0.1, 0.15) is 12.4 Å². The average molecular weight is 844 g/mol. The summed E-state index contributed by atoms with van der Waals surface area (Å²) in [5.74, 6) is 0.742. The van der Waals surface area contributed by atoms with Crippen LogP contribution >= 0.6 is 0 Å². The molecule has 1 aromatic heterocycles. The number of amides is 1. The molecule has 3 atom stereocenters. The van der Waals surface area contributed by atoms with Crippen molar-refractivity contribution < 1.29 is 41.4 Å². The molecule has 2 fully saturated rings. The van der Waals surface area contributed by atoms with Crippen LogP contribution in [0.3, 0.4) is 0 Å². The number of likely N-dealkylation sites (N-methyl/N-ethyl adjacent to an activating group) is 1. The summed E-state index contributed by atoms with van der Waals surface area (Å²) in [5, 5.41) is 21.7. The Labute approximate surface area is 351 Å². The van der Waals surface area contributed by atoms with Crippen molar-refractivity contribution >= 4 is 38.5 Å². The van der Waals surface area contributed by atoms with Gasteiger partial charge in [-0.3, -0.25) is 9.08 Å². The maximum Gasteiger partial charge on any atom is 0.407 e. The molecular formula is C43H53N7O9S.